The van der Waals surface area contributed by atoms with Crippen LogP contribution in [0, 0.1) is 5.41 Å². The zero-order valence-electron chi connectivity index (χ0n) is 14.9. The lowest BCUT2D eigenvalue weighted by Crippen LogP contribution is -2.17. The molecule has 1 aliphatic rings. The van der Waals surface area contributed by atoms with Gasteiger partial charge >= 0.3 is 5.97 Å². The summed E-state index contributed by atoms with van der Waals surface area (Å²) < 4.78 is 5.77. The predicted molar refractivity (Wildman–Crippen MR) is 100 cm³/mol. The number of hydrogen-bond acceptors (Lipinski definition) is 4. The van der Waals surface area contributed by atoms with Gasteiger partial charge in [-0.2, -0.15) is 5.10 Å². The minimum absolute atomic E-state index is 0.514. The molecule has 0 bridgehead atoms. The third-order valence-electron chi connectivity index (χ3n) is 5.05. The molecule has 0 radical (unpaired) electrons. The first kappa shape index (κ1) is 17.3. The van der Waals surface area contributed by atoms with Crippen LogP contribution < -0.4 is 4.74 Å². The van der Waals surface area contributed by atoms with Crippen LogP contribution in [0.3, 0.4) is 0 Å². The second kappa shape index (κ2) is 7.23. The van der Waals surface area contributed by atoms with E-state index >= 15 is 0 Å². The average Bonchev–Trinajstić information content (AvgIpc) is 3.26. The Balaban J connectivity index is 1.27. The van der Waals surface area contributed by atoms with Gasteiger partial charge in [0, 0.05) is 12.6 Å². The Hall–Kier alpha value is -3.15. The van der Waals surface area contributed by atoms with Gasteiger partial charge in [0.25, 0.3) is 0 Å². The maximum atomic E-state index is 11.3. The fourth-order valence-corrected chi connectivity index (χ4v) is 3.14. The van der Waals surface area contributed by atoms with Gasteiger partial charge in [-0.1, -0.05) is 24.3 Å². The van der Waals surface area contributed by atoms with E-state index in [-0.39, 0.29) is 0 Å². The smallest absolute Gasteiger partial charge is 0.309 e. The Morgan fingerprint density at radius 2 is 1.89 bits per heavy atom. The van der Waals surface area contributed by atoms with Gasteiger partial charge in [-0.15, -0.1) is 0 Å². The molecule has 0 unspecified atom stereocenters. The maximum Gasteiger partial charge on any atom is 0.309 e. The number of rotatable bonds is 8. The van der Waals surface area contributed by atoms with Crippen molar-refractivity contribution in [1.29, 1.82) is 0 Å². The molecule has 0 aliphatic heterocycles. The minimum Gasteiger partial charge on any atom is -0.492 e. The topological polar surface area (TPSA) is 88.1 Å². The number of hydrogen-bond donors (Lipinski definition) is 2. The molecule has 0 spiro atoms. The highest BCUT2D eigenvalue weighted by atomic mass is 16.5. The van der Waals surface area contributed by atoms with Crippen LogP contribution in [0.5, 0.6) is 5.75 Å². The van der Waals surface area contributed by atoms with Crippen molar-refractivity contribution in [2.24, 2.45) is 5.41 Å². The van der Waals surface area contributed by atoms with E-state index in [0.29, 0.717) is 13.0 Å². The number of carboxylic acids is 1. The van der Waals surface area contributed by atoms with Crippen molar-refractivity contribution in [2.75, 3.05) is 6.61 Å². The highest BCUT2D eigenvalue weighted by Crippen LogP contribution is 2.48. The molecule has 1 aliphatic carbocycles. The van der Waals surface area contributed by atoms with Crippen molar-refractivity contribution >= 4 is 5.97 Å². The number of aromatic nitrogens is 3. The molecule has 2 N–H and O–H groups in total. The van der Waals surface area contributed by atoms with Crippen LogP contribution in [-0.4, -0.2) is 32.9 Å². The van der Waals surface area contributed by atoms with Gasteiger partial charge < -0.3 is 9.84 Å². The molecule has 1 aromatic carbocycles. The van der Waals surface area contributed by atoms with Crippen LogP contribution in [0.25, 0.3) is 11.4 Å². The third kappa shape index (κ3) is 4.00. The van der Waals surface area contributed by atoms with Crippen LogP contribution in [0.15, 0.2) is 54.9 Å². The molecule has 4 rings (SSSR count). The summed E-state index contributed by atoms with van der Waals surface area (Å²) in [5, 5.41) is 16.1. The Morgan fingerprint density at radius 1 is 1.11 bits per heavy atom. The number of pyridine rings is 1. The molecule has 6 heteroatoms. The number of nitrogens with zero attached hydrogens (tertiary/aromatic N) is 2. The Labute approximate surface area is 157 Å². The van der Waals surface area contributed by atoms with Crippen LogP contribution in [0.2, 0.25) is 0 Å². The average molecular weight is 363 g/mol. The standard InChI is InChI=1S/C21H21N3O3/c25-20(26)21(9-10-21)13-16-3-1-15(2-4-16)8-12-27-17-5-6-18(22-14-17)19-7-11-23-24-19/h1-7,11,14H,8-10,12-13H2,(H,23,24)(H,25,26). The molecule has 0 amide bonds. The number of nitrogens with one attached hydrogen (secondary N) is 1. The molecular weight excluding hydrogens is 342 g/mol. The summed E-state index contributed by atoms with van der Waals surface area (Å²) in [5.74, 6) is 0.0548. The van der Waals surface area contributed by atoms with Crippen molar-refractivity contribution in [1.82, 2.24) is 15.2 Å². The van der Waals surface area contributed by atoms with E-state index in [1.54, 1.807) is 12.4 Å². The molecule has 0 atom stereocenters. The van der Waals surface area contributed by atoms with E-state index in [4.69, 9.17) is 4.74 Å². The monoisotopic (exact) mass is 363 g/mol. The number of aromatic amines is 1. The second-order valence-corrected chi connectivity index (χ2v) is 7.03. The molecular formula is C21H21N3O3. The first-order chi connectivity index (χ1) is 13.1. The van der Waals surface area contributed by atoms with Crippen molar-refractivity contribution in [3.05, 3.63) is 66.0 Å². The minimum atomic E-state index is -0.674. The molecule has 1 saturated carbocycles. The van der Waals surface area contributed by atoms with E-state index < -0.39 is 11.4 Å². The van der Waals surface area contributed by atoms with E-state index in [1.807, 2.05) is 30.3 Å². The summed E-state index contributed by atoms with van der Waals surface area (Å²) in [4.78, 5) is 15.7. The normalized spacial score (nSPS) is 14.7. The summed E-state index contributed by atoms with van der Waals surface area (Å²) >= 11 is 0. The van der Waals surface area contributed by atoms with Gasteiger partial charge in [-0.05, 0) is 48.6 Å². The fraction of sp³-hybridized carbons (Fsp3) is 0.286. The number of benzene rings is 1. The molecule has 27 heavy (non-hydrogen) atoms. The molecule has 2 heterocycles. The largest absolute Gasteiger partial charge is 0.492 e. The van der Waals surface area contributed by atoms with Crippen molar-refractivity contribution in [2.45, 2.75) is 25.7 Å². The summed E-state index contributed by atoms with van der Waals surface area (Å²) in [6, 6.07) is 13.8. The van der Waals surface area contributed by atoms with Crippen LogP contribution >= 0.6 is 0 Å². The first-order valence-corrected chi connectivity index (χ1v) is 9.04. The van der Waals surface area contributed by atoms with E-state index in [0.717, 1.165) is 42.0 Å². The highest BCUT2D eigenvalue weighted by Gasteiger charge is 2.49. The zero-order valence-corrected chi connectivity index (χ0v) is 14.9. The summed E-state index contributed by atoms with van der Waals surface area (Å²) in [5.41, 5.74) is 3.43. The summed E-state index contributed by atoms with van der Waals surface area (Å²) in [6.07, 6.45) is 6.37. The van der Waals surface area contributed by atoms with E-state index in [9.17, 15) is 9.90 Å². The van der Waals surface area contributed by atoms with Gasteiger partial charge in [-0.3, -0.25) is 14.9 Å². The third-order valence-corrected chi connectivity index (χ3v) is 5.05. The van der Waals surface area contributed by atoms with E-state index in [1.165, 1.54) is 5.56 Å². The molecule has 138 valence electrons. The van der Waals surface area contributed by atoms with Crippen molar-refractivity contribution < 1.29 is 14.6 Å². The maximum absolute atomic E-state index is 11.3. The zero-order chi connectivity index (χ0) is 18.7. The number of carboxylic acid groups (broad SMARTS) is 1. The van der Waals surface area contributed by atoms with E-state index in [2.05, 4.69) is 27.3 Å². The quantitative estimate of drug-likeness (QED) is 0.639. The molecule has 0 saturated heterocycles. The molecule has 6 nitrogen and oxygen atoms in total. The molecule has 1 fully saturated rings. The summed E-state index contributed by atoms with van der Waals surface area (Å²) in [6.45, 7) is 0.559. The Morgan fingerprint density at radius 3 is 2.48 bits per heavy atom. The van der Waals surface area contributed by atoms with Gasteiger partial charge in [0.2, 0.25) is 0 Å². The molecule has 3 aromatic rings. The summed E-state index contributed by atoms with van der Waals surface area (Å²) in [7, 11) is 0. The highest BCUT2D eigenvalue weighted by molar-refractivity contribution is 5.78. The lowest BCUT2D eigenvalue weighted by atomic mass is 9.96. The van der Waals surface area contributed by atoms with Crippen molar-refractivity contribution in [3.63, 3.8) is 0 Å². The number of carbonyl (C=O) groups is 1. The molecule has 2 aromatic heterocycles. The fourth-order valence-electron chi connectivity index (χ4n) is 3.14. The second-order valence-electron chi connectivity index (χ2n) is 7.03. The predicted octanol–water partition coefficient (Wildman–Crippen LogP) is 3.50. The Kier molecular flexibility index (Phi) is 4.62. The number of H-pyrrole nitrogens is 1. The van der Waals surface area contributed by atoms with Crippen molar-refractivity contribution in [3.8, 4) is 17.1 Å². The van der Waals surface area contributed by atoms with Gasteiger partial charge in [0.05, 0.1) is 29.6 Å². The number of aliphatic carboxylic acids is 1. The lowest BCUT2D eigenvalue weighted by molar-refractivity contribution is -0.143. The lowest BCUT2D eigenvalue weighted by Gasteiger charge is -2.10. The van der Waals surface area contributed by atoms with Crippen LogP contribution in [0.1, 0.15) is 24.0 Å². The van der Waals surface area contributed by atoms with Crippen LogP contribution in [0.4, 0.5) is 0 Å². The first-order valence-electron chi connectivity index (χ1n) is 9.04. The van der Waals surface area contributed by atoms with Gasteiger partial charge in [0.15, 0.2) is 0 Å². The van der Waals surface area contributed by atoms with Crippen LogP contribution in [-0.2, 0) is 17.6 Å². The van der Waals surface area contributed by atoms with Gasteiger partial charge in [-0.25, -0.2) is 0 Å². The SMILES string of the molecule is O=C(O)C1(Cc2ccc(CCOc3ccc(-c4ccn[nH]4)nc3)cc2)CC1. The Bertz CT molecular complexity index is 899. The number of ether oxygens (including phenoxy) is 1. The van der Waals surface area contributed by atoms with Gasteiger partial charge in [0.1, 0.15) is 5.75 Å².